The van der Waals surface area contributed by atoms with Crippen LogP contribution in [-0.2, 0) is 22.6 Å². The fourth-order valence-electron chi connectivity index (χ4n) is 2.58. The van der Waals surface area contributed by atoms with Gasteiger partial charge in [-0.15, -0.1) is 0 Å². The summed E-state index contributed by atoms with van der Waals surface area (Å²) in [7, 11) is 1.43. The van der Waals surface area contributed by atoms with Crippen LogP contribution in [0.3, 0.4) is 0 Å². The maximum absolute atomic E-state index is 12.4. The third-order valence-corrected chi connectivity index (χ3v) is 4.44. The molecular formula is C15H19NO5S. The van der Waals surface area contributed by atoms with Crippen molar-refractivity contribution in [2.45, 2.75) is 25.9 Å². The fraction of sp³-hybridized carbons (Fsp3) is 0.467. The van der Waals surface area contributed by atoms with Gasteiger partial charge in [0.05, 0.1) is 7.11 Å². The van der Waals surface area contributed by atoms with Crippen LogP contribution in [0.15, 0.2) is 12.1 Å². The molecule has 0 saturated heterocycles. The predicted molar refractivity (Wildman–Crippen MR) is 83.4 cm³/mol. The van der Waals surface area contributed by atoms with Crippen LogP contribution in [0.25, 0.3) is 0 Å². The minimum absolute atomic E-state index is 0.0235. The van der Waals surface area contributed by atoms with E-state index in [1.54, 1.807) is 13.0 Å². The standard InChI is InChI=1S/C15H19NO5S/c1-8(7-22)14(18)16-6-10-4-12(17)13(21-2)5-9(10)3-11(16)15(19)20/h4-5,8,11,17,22H,3,6-7H2,1-2H3,(H,19,20)/t8?,11-/m0/s1. The molecule has 2 rings (SSSR count). The number of rotatable bonds is 4. The molecule has 2 N–H and O–H groups in total. The van der Waals surface area contributed by atoms with Crippen LogP contribution in [0.5, 0.6) is 11.5 Å². The molecular weight excluding hydrogens is 306 g/mol. The SMILES string of the molecule is COc1cc2c(cc1O)CN(C(=O)C(C)CS)[C@H](C(=O)O)C2. The molecule has 0 bridgehead atoms. The molecule has 1 aromatic carbocycles. The molecule has 7 heteroatoms. The molecule has 0 radical (unpaired) electrons. The molecule has 1 amide bonds. The van der Waals surface area contributed by atoms with Crippen LogP contribution >= 0.6 is 12.6 Å². The highest BCUT2D eigenvalue weighted by Gasteiger charge is 2.36. The molecule has 0 fully saturated rings. The molecule has 0 aliphatic carbocycles. The molecule has 120 valence electrons. The first kappa shape index (κ1) is 16.5. The van der Waals surface area contributed by atoms with Gasteiger partial charge in [0.25, 0.3) is 0 Å². The van der Waals surface area contributed by atoms with E-state index < -0.39 is 12.0 Å². The summed E-state index contributed by atoms with van der Waals surface area (Å²) in [5.74, 6) is -1.03. The molecule has 1 unspecified atom stereocenters. The van der Waals surface area contributed by atoms with Crippen molar-refractivity contribution in [2.24, 2.45) is 5.92 Å². The third kappa shape index (κ3) is 2.99. The summed E-state index contributed by atoms with van der Waals surface area (Å²) in [5.41, 5.74) is 1.50. The summed E-state index contributed by atoms with van der Waals surface area (Å²) in [6.45, 7) is 1.87. The monoisotopic (exact) mass is 325 g/mol. The lowest BCUT2D eigenvalue weighted by Gasteiger charge is -2.36. The minimum Gasteiger partial charge on any atom is -0.504 e. The molecule has 6 nitrogen and oxygen atoms in total. The van der Waals surface area contributed by atoms with Crippen LogP contribution in [0.4, 0.5) is 0 Å². The molecule has 0 saturated carbocycles. The van der Waals surface area contributed by atoms with Crippen LogP contribution < -0.4 is 4.74 Å². The first-order valence-corrected chi connectivity index (χ1v) is 7.55. The highest BCUT2D eigenvalue weighted by Crippen LogP contribution is 2.34. The molecule has 2 atom stereocenters. The molecule has 22 heavy (non-hydrogen) atoms. The number of methoxy groups -OCH3 is 1. The number of carbonyl (C=O) groups is 2. The normalized spacial score (nSPS) is 18.5. The summed E-state index contributed by atoms with van der Waals surface area (Å²) in [6, 6.07) is 2.24. The van der Waals surface area contributed by atoms with Gasteiger partial charge in [-0.05, 0) is 23.3 Å². The number of benzene rings is 1. The summed E-state index contributed by atoms with van der Waals surface area (Å²) in [6.07, 6.45) is 0.187. The van der Waals surface area contributed by atoms with Crippen molar-refractivity contribution in [1.82, 2.24) is 4.90 Å². The van der Waals surface area contributed by atoms with Gasteiger partial charge < -0.3 is 19.8 Å². The van der Waals surface area contributed by atoms with Crippen molar-refractivity contribution in [2.75, 3.05) is 12.9 Å². The van der Waals surface area contributed by atoms with Gasteiger partial charge in [-0.2, -0.15) is 12.6 Å². The number of nitrogens with zero attached hydrogens (tertiary/aromatic N) is 1. The molecule has 1 aliphatic heterocycles. The van der Waals surface area contributed by atoms with E-state index in [1.807, 2.05) is 0 Å². The number of amides is 1. The predicted octanol–water partition coefficient (Wildman–Crippen LogP) is 1.30. The second-order valence-electron chi connectivity index (χ2n) is 5.40. The number of thiol groups is 1. The van der Waals surface area contributed by atoms with E-state index in [4.69, 9.17) is 4.74 Å². The highest BCUT2D eigenvalue weighted by atomic mass is 32.1. The number of aromatic hydroxyl groups is 1. The van der Waals surface area contributed by atoms with Gasteiger partial charge in [0, 0.05) is 24.6 Å². The van der Waals surface area contributed by atoms with Gasteiger partial charge in [0.15, 0.2) is 11.5 Å². The zero-order valence-corrected chi connectivity index (χ0v) is 13.3. The summed E-state index contributed by atoms with van der Waals surface area (Å²) >= 11 is 4.10. The van der Waals surface area contributed by atoms with Crippen LogP contribution in [0, 0.1) is 5.92 Å². The van der Waals surface area contributed by atoms with Crippen molar-refractivity contribution in [3.05, 3.63) is 23.3 Å². The van der Waals surface area contributed by atoms with Crippen molar-refractivity contribution < 1.29 is 24.5 Å². The Hall–Kier alpha value is -1.89. The zero-order chi connectivity index (χ0) is 16.4. The maximum Gasteiger partial charge on any atom is 0.326 e. The average molecular weight is 325 g/mol. The first-order chi connectivity index (χ1) is 10.4. The molecule has 1 heterocycles. The van der Waals surface area contributed by atoms with E-state index in [0.717, 1.165) is 11.1 Å². The van der Waals surface area contributed by atoms with Gasteiger partial charge >= 0.3 is 5.97 Å². The number of carbonyl (C=O) groups excluding carboxylic acids is 1. The number of phenols is 1. The Morgan fingerprint density at radius 1 is 1.45 bits per heavy atom. The quantitative estimate of drug-likeness (QED) is 0.727. The lowest BCUT2D eigenvalue weighted by atomic mass is 9.92. The van der Waals surface area contributed by atoms with Gasteiger partial charge in [-0.25, -0.2) is 4.79 Å². The van der Waals surface area contributed by atoms with E-state index in [2.05, 4.69) is 12.6 Å². The summed E-state index contributed by atoms with van der Waals surface area (Å²) in [4.78, 5) is 25.3. The van der Waals surface area contributed by atoms with Gasteiger partial charge in [-0.3, -0.25) is 4.79 Å². The Labute approximate surface area is 134 Å². The highest BCUT2D eigenvalue weighted by molar-refractivity contribution is 7.80. The number of ether oxygens (including phenoxy) is 1. The number of carboxylic acid groups (broad SMARTS) is 1. The van der Waals surface area contributed by atoms with Crippen molar-refractivity contribution >= 4 is 24.5 Å². The van der Waals surface area contributed by atoms with Crippen LogP contribution in [0.2, 0.25) is 0 Å². The Kier molecular flexibility index (Phi) is 4.85. The van der Waals surface area contributed by atoms with E-state index in [-0.39, 0.29) is 30.5 Å². The lowest BCUT2D eigenvalue weighted by Crippen LogP contribution is -2.50. The largest absolute Gasteiger partial charge is 0.504 e. The summed E-state index contributed by atoms with van der Waals surface area (Å²) in [5, 5.41) is 19.3. The topological polar surface area (TPSA) is 87.1 Å². The second kappa shape index (κ2) is 6.48. The first-order valence-electron chi connectivity index (χ1n) is 6.92. The zero-order valence-electron chi connectivity index (χ0n) is 12.4. The molecule has 0 spiro atoms. The second-order valence-corrected chi connectivity index (χ2v) is 5.77. The Balaban J connectivity index is 2.40. The minimum atomic E-state index is -1.04. The Morgan fingerprint density at radius 2 is 2.14 bits per heavy atom. The molecule has 1 aliphatic rings. The van der Waals surface area contributed by atoms with E-state index in [9.17, 15) is 19.8 Å². The maximum atomic E-state index is 12.4. The number of hydrogen-bond acceptors (Lipinski definition) is 5. The number of fused-ring (bicyclic) bond motifs is 1. The van der Waals surface area contributed by atoms with Gasteiger partial charge in [0.2, 0.25) is 5.91 Å². The summed E-state index contributed by atoms with van der Waals surface area (Å²) < 4.78 is 5.05. The van der Waals surface area contributed by atoms with Gasteiger partial charge in [0.1, 0.15) is 6.04 Å². The van der Waals surface area contributed by atoms with Crippen molar-refractivity contribution in [3.63, 3.8) is 0 Å². The van der Waals surface area contributed by atoms with E-state index in [0.29, 0.717) is 11.5 Å². The number of carboxylic acids is 1. The van der Waals surface area contributed by atoms with E-state index >= 15 is 0 Å². The Bertz CT molecular complexity index is 604. The van der Waals surface area contributed by atoms with Crippen LogP contribution in [-0.4, -0.2) is 45.9 Å². The van der Waals surface area contributed by atoms with Crippen LogP contribution in [0.1, 0.15) is 18.1 Å². The molecule has 1 aromatic rings. The lowest BCUT2D eigenvalue weighted by molar-refractivity contribution is -0.152. The van der Waals surface area contributed by atoms with E-state index in [1.165, 1.54) is 18.1 Å². The fourth-order valence-corrected chi connectivity index (χ4v) is 2.74. The number of hydrogen-bond donors (Lipinski definition) is 3. The average Bonchev–Trinajstić information content (AvgIpc) is 2.51. The number of phenolic OH excluding ortho intramolecular Hbond substituents is 1. The van der Waals surface area contributed by atoms with Crippen molar-refractivity contribution in [1.29, 1.82) is 0 Å². The molecule has 0 aromatic heterocycles. The third-order valence-electron chi connectivity index (χ3n) is 3.89. The Morgan fingerprint density at radius 3 is 2.68 bits per heavy atom. The van der Waals surface area contributed by atoms with Crippen molar-refractivity contribution in [3.8, 4) is 11.5 Å². The smallest absolute Gasteiger partial charge is 0.326 e. The number of aliphatic carboxylic acids is 1. The van der Waals surface area contributed by atoms with Gasteiger partial charge in [-0.1, -0.05) is 6.92 Å².